The van der Waals surface area contributed by atoms with Gasteiger partial charge >= 0.3 is 0 Å². The van der Waals surface area contributed by atoms with E-state index in [0.29, 0.717) is 46.5 Å². The third-order valence-corrected chi connectivity index (χ3v) is 10.8. The number of nitrogens with zero attached hydrogens (tertiary/aromatic N) is 4. The number of benzene rings is 4. The Bertz CT molecular complexity index is 3200. The fourth-order valence-electron chi connectivity index (χ4n) is 6.73. The number of ether oxygens (including phenoxy) is 2. The van der Waals surface area contributed by atoms with Crippen molar-refractivity contribution >= 4 is 41.3 Å². The van der Waals surface area contributed by atoms with Gasteiger partial charge in [-0.05, 0) is 128 Å². The van der Waals surface area contributed by atoms with Crippen molar-refractivity contribution in [2.75, 3.05) is 12.5 Å². The van der Waals surface area contributed by atoms with Crippen LogP contribution in [0.25, 0.3) is 22.5 Å². The molecule has 0 aliphatic carbocycles. The van der Waals surface area contributed by atoms with Crippen molar-refractivity contribution in [1.82, 2.24) is 34.6 Å². The van der Waals surface area contributed by atoms with Crippen molar-refractivity contribution < 1.29 is 44.7 Å². The number of hydrogen-bond donors (Lipinski definition) is 3. The fourth-order valence-corrected chi connectivity index (χ4v) is 7.46. The molecule has 0 aliphatic rings. The minimum Gasteiger partial charge on any atom is -0.457 e. The SMILES string of the molecule is CS(=O)(=O)Cl.CS(=O)(=O)N[C@@H](Cc1cnc[nH]1)C(=O)Cc1cccc(-c2ccc(Oc3ccc(F)cc3)cc2)n1.C[C@@H](Cc1cnc[nH]1)C(=O)Cc1cccc(-c2ccc(Oc3ccc(F)cc3)cc2)n1. The van der Waals surface area contributed by atoms with Crippen LogP contribution in [0.2, 0.25) is 0 Å². The van der Waals surface area contributed by atoms with Crippen molar-refractivity contribution in [2.24, 2.45) is 5.92 Å². The highest BCUT2D eigenvalue weighted by atomic mass is 35.7. The first-order chi connectivity index (χ1) is 33.8. The van der Waals surface area contributed by atoms with Crippen molar-refractivity contribution in [1.29, 1.82) is 0 Å². The number of H-pyrrole nitrogens is 2. The molecule has 15 nitrogen and oxygen atoms in total. The lowest BCUT2D eigenvalue weighted by Crippen LogP contribution is -2.42. The number of carbonyl (C=O) groups excluding carboxylic acids is 2. The van der Waals surface area contributed by atoms with E-state index in [-0.39, 0.29) is 48.4 Å². The van der Waals surface area contributed by atoms with Gasteiger partial charge in [0.1, 0.15) is 40.4 Å². The summed E-state index contributed by atoms with van der Waals surface area (Å²) in [5, 5.41) is 0. The van der Waals surface area contributed by atoms with E-state index in [1.807, 2.05) is 67.6 Å². The summed E-state index contributed by atoms with van der Waals surface area (Å²) in [6.07, 6.45) is 9.35. The van der Waals surface area contributed by atoms with Gasteiger partial charge in [-0.15, -0.1) is 0 Å². The van der Waals surface area contributed by atoms with E-state index < -0.39 is 25.1 Å². The maximum absolute atomic E-state index is 13.1. The molecule has 0 amide bonds. The molecule has 8 rings (SSSR count). The largest absolute Gasteiger partial charge is 0.457 e. The highest BCUT2D eigenvalue weighted by Gasteiger charge is 2.24. The van der Waals surface area contributed by atoms with Gasteiger partial charge in [-0.3, -0.25) is 19.6 Å². The Morgan fingerprint density at radius 2 is 0.972 bits per heavy atom. The number of carbonyl (C=O) groups is 2. The maximum atomic E-state index is 13.1. The summed E-state index contributed by atoms with van der Waals surface area (Å²) in [6.45, 7) is 1.92. The molecule has 0 spiro atoms. The van der Waals surface area contributed by atoms with E-state index in [1.165, 1.54) is 30.6 Å². The average molecular weight is 1020 g/mol. The van der Waals surface area contributed by atoms with Gasteiger partial charge in [0.15, 0.2) is 5.78 Å². The van der Waals surface area contributed by atoms with E-state index in [1.54, 1.807) is 67.3 Å². The summed E-state index contributed by atoms with van der Waals surface area (Å²) in [5.41, 5.74) is 6.04. The smallest absolute Gasteiger partial charge is 0.229 e. The molecule has 0 aliphatic heterocycles. The number of imidazole rings is 2. The molecule has 0 radical (unpaired) electrons. The Labute approximate surface area is 414 Å². The van der Waals surface area contributed by atoms with E-state index in [4.69, 9.17) is 9.47 Å². The molecule has 4 heterocycles. The van der Waals surface area contributed by atoms with Crippen LogP contribution in [0.4, 0.5) is 8.78 Å². The third kappa shape index (κ3) is 18.4. The summed E-state index contributed by atoms with van der Waals surface area (Å²) in [7, 11) is -2.29. The number of ketones is 2. The molecule has 0 unspecified atom stereocenters. The fraction of sp³-hybridized carbons (Fsp3) is 0.176. The van der Waals surface area contributed by atoms with Crippen LogP contribution in [0.5, 0.6) is 23.0 Å². The van der Waals surface area contributed by atoms with Crippen LogP contribution < -0.4 is 14.2 Å². The first-order valence-corrected chi connectivity index (χ1v) is 26.3. The first kappa shape index (κ1) is 52.9. The predicted molar refractivity (Wildman–Crippen MR) is 266 cm³/mol. The summed E-state index contributed by atoms with van der Waals surface area (Å²) in [5.74, 6) is 1.39. The Morgan fingerprint density at radius 1 is 0.592 bits per heavy atom. The summed E-state index contributed by atoms with van der Waals surface area (Å²) < 4.78 is 82.3. The lowest BCUT2D eigenvalue weighted by molar-refractivity contribution is -0.122. The molecular weight excluding hydrogens is 976 g/mol. The van der Waals surface area contributed by atoms with E-state index in [0.717, 1.165) is 40.7 Å². The van der Waals surface area contributed by atoms with E-state index in [9.17, 15) is 35.2 Å². The van der Waals surface area contributed by atoms with Crippen LogP contribution in [-0.2, 0) is 54.3 Å². The average Bonchev–Trinajstić information content (AvgIpc) is 4.05. The second-order valence-corrected chi connectivity index (χ2v) is 20.9. The van der Waals surface area contributed by atoms with Crippen LogP contribution in [0, 0.1) is 17.6 Å². The van der Waals surface area contributed by atoms with Gasteiger partial charge < -0.3 is 19.4 Å². The van der Waals surface area contributed by atoms with Crippen molar-refractivity contribution in [3.05, 3.63) is 193 Å². The molecular formula is C51H48ClF2N7O8S2. The van der Waals surface area contributed by atoms with Gasteiger partial charge in [0.25, 0.3) is 0 Å². The van der Waals surface area contributed by atoms with Crippen LogP contribution in [0.3, 0.4) is 0 Å². The highest BCUT2D eigenvalue weighted by molar-refractivity contribution is 8.13. The van der Waals surface area contributed by atoms with Gasteiger partial charge in [0.2, 0.25) is 19.1 Å². The number of rotatable bonds is 18. The number of nitrogens with one attached hydrogen (secondary N) is 3. The van der Waals surface area contributed by atoms with Crippen LogP contribution in [-0.4, -0.2) is 76.9 Å². The number of hydrogen-bond acceptors (Lipinski definition) is 12. The Hall–Kier alpha value is -7.45. The van der Waals surface area contributed by atoms with Gasteiger partial charge in [0, 0.05) is 75.7 Å². The molecule has 2 atom stereocenters. The molecule has 3 N–H and O–H groups in total. The van der Waals surface area contributed by atoms with E-state index in [2.05, 4.69) is 45.3 Å². The third-order valence-electron chi connectivity index (χ3n) is 10.1. The molecule has 0 saturated heterocycles. The van der Waals surface area contributed by atoms with Crippen LogP contribution in [0.15, 0.2) is 159 Å². The van der Waals surface area contributed by atoms with Crippen molar-refractivity contribution in [2.45, 2.75) is 38.6 Å². The number of halogens is 3. The van der Waals surface area contributed by atoms with Crippen molar-refractivity contribution in [3.63, 3.8) is 0 Å². The normalized spacial score (nSPS) is 12.0. The lowest BCUT2D eigenvalue weighted by Gasteiger charge is -2.16. The standard InChI is InChI=1S/C25H23FN4O4S.C25H22FN3O2.CH3ClO2S/c1-35(32,33)30-24(13-20-15-27-16-28-20)25(31)14-19-3-2-4-23(29-19)17-5-9-21(10-6-17)34-22-11-7-18(26)8-12-22;1-17(13-21-15-27-16-28-21)25(30)14-20-3-2-4-24(29-20)18-5-9-22(10-6-18)31-23-11-7-19(26)8-12-23;1-5(2,3)4/h2-12,15-16,24,30H,13-14H2,1H3,(H,27,28);2-12,15-17H,13-14H2,1H3,(H,27,28);1H3/t24-;17-;/m00./s1. The van der Waals surface area contributed by atoms with Gasteiger partial charge in [-0.1, -0.05) is 19.1 Å². The van der Waals surface area contributed by atoms with E-state index >= 15 is 0 Å². The lowest BCUT2D eigenvalue weighted by atomic mass is 9.97. The number of pyridine rings is 2. The van der Waals surface area contributed by atoms with Gasteiger partial charge in [-0.25, -0.2) is 40.3 Å². The molecule has 20 heteroatoms. The van der Waals surface area contributed by atoms with Crippen molar-refractivity contribution in [3.8, 4) is 45.5 Å². The molecule has 8 aromatic rings. The second-order valence-electron chi connectivity index (χ2n) is 16.1. The quantitative estimate of drug-likeness (QED) is 0.0686. The summed E-state index contributed by atoms with van der Waals surface area (Å²) in [4.78, 5) is 48.6. The molecule has 0 fully saturated rings. The van der Waals surface area contributed by atoms with Gasteiger partial charge in [-0.2, -0.15) is 0 Å². The minimum atomic E-state index is -3.60. The summed E-state index contributed by atoms with van der Waals surface area (Å²) in [6, 6.07) is 36.4. The minimum absolute atomic E-state index is 0.0407. The zero-order chi connectivity index (χ0) is 51.0. The topological polar surface area (TPSA) is 216 Å². The molecule has 0 bridgehead atoms. The Kier molecular flexibility index (Phi) is 18.6. The molecule has 4 aromatic carbocycles. The van der Waals surface area contributed by atoms with Gasteiger partial charge in [0.05, 0.1) is 49.0 Å². The zero-order valence-electron chi connectivity index (χ0n) is 38.5. The number of aromatic nitrogens is 6. The van der Waals surface area contributed by atoms with Crippen LogP contribution >= 0.6 is 10.7 Å². The monoisotopic (exact) mass is 1020 g/mol. The molecule has 71 heavy (non-hydrogen) atoms. The first-order valence-electron chi connectivity index (χ1n) is 21.7. The number of sulfonamides is 1. The number of Topliss-reactive ketones (excluding diaryl/α,β-unsaturated/α-hetero) is 2. The number of aromatic amines is 2. The summed E-state index contributed by atoms with van der Waals surface area (Å²) >= 11 is 0. The zero-order valence-corrected chi connectivity index (χ0v) is 40.9. The molecule has 4 aromatic heterocycles. The Balaban J connectivity index is 0.000000213. The highest BCUT2D eigenvalue weighted by Crippen LogP contribution is 2.27. The van der Waals surface area contributed by atoms with Crippen LogP contribution in [0.1, 0.15) is 29.7 Å². The Morgan fingerprint density at radius 3 is 1.35 bits per heavy atom. The maximum Gasteiger partial charge on any atom is 0.229 e. The second kappa shape index (κ2) is 24.9. The predicted octanol–water partition coefficient (Wildman–Crippen LogP) is 9.25. The molecule has 0 saturated carbocycles. The molecule has 368 valence electrons.